The van der Waals surface area contributed by atoms with Crippen molar-refractivity contribution in [2.24, 2.45) is 0 Å². The van der Waals surface area contributed by atoms with Gasteiger partial charge in [-0.25, -0.2) is 9.97 Å². The molecule has 14 rings (SSSR count). The van der Waals surface area contributed by atoms with Crippen LogP contribution in [0.1, 0.15) is 105 Å². The molecule has 0 saturated heterocycles. The van der Waals surface area contributed by atoms with Crippen molar-refractivity contribution < 1.29 is 0 Å². The van der Waals surface area contributed by atoms with Crippen LogP contribution in [0.4, 0.5) is 34.1 Å². The van der Waals surface area contributed by atoms with E-state index in [0.29, 0.717) is 5.82 Å². The molecule has 1 aromatic heterocycles. The van der Waals surface area contributed by atoms with Crippen LogP contribution in [0, 0.1) is 0 Å². The van der Waals surface area contributed by atoms with Gasteiger partial charge in [0.25, 0.3) is 6.71 Å². The van der Waals surface area contributed by atoms with Gasteiger partial charge < -0.3 is 9.80 Å². The molecule has 2 aliphatic rings. The molecule has 2 aliphatic heterocycles. The van der Waals surface area contributed by atoms with E-state index in [9.17, 15) is 0 Å². The Kier molecular flexibility index (Phi) is 11.9. The SMILES string of the molecule is CC(C)(C)c1cc(N2c3cc4c(ccc5ccccc54)cc3B3c4cc5ccc6ccccc6c5cc4N(c4cc(C(C)(C)C)cc(C(C)(C)C)c4)c4cc(-c5nc(-c6ccccc6)cc(-c6ccccc6)n5)cc2c43)cc(C(C)(C)C)c1. The molecular formula is C78H71BN4. The molecule has 0 saturated carbocycles. The van der Waals surface area contributed by atoms with Gasteiger partial charge in [-0.15, -0.1) is 0 Å². The summed E-state index contributed by atoms with van der Waals surface area (Å²) in [5, 5.41) is 9.87. The van der Waals surface area contributed by atoms with Crippen LogP contribution in [0.25, 0.3) is 77.0 Å². The lowest BCUT2D eigenvalue weighted by molar-refractivity contribution is 0.568. The summed E-state index contributed by atoms with van der Waals surface area (Å²) < 4.78 is 0. The molecule has 0 amide bonds. The first-order valence-corrected chi connectivity index (χ1v) is 29.7. The number of hydrogen-bond donors (Lipinski definition) is 0. The van der Waals surface area contributed by atoms with Gasteiger partial charge >= 0.3 is 0 Å². The van der Waals surface area contributed by atoms with Crippen LogP contribution in [0.3, 0.4) is 0 Å². The van der Waals surface area contributed by atoms with Gasteiger partial charge in [-0.2, -0.15) is 0 Å². The minimum Gasteiger partial charge on any atom is -0.311 e. The summed E-state index contributed by atoms with van der Waals surface area (Å²) in [4.78, 5) is 16.5. The minimum absolute atomic E-state index is 0.138. The third-order valence-corrected chi connectivity index (χ3v) is 17.7. The zero-order valence-corrected chi connectivity index (χ0v) is 50.1. The molecule has 83 heavy (non-hydrogen) atoms. The van der Waals surface area contributed by atoms with E-state index in [4.69, 9.17) is 9.97 Å². The number of aromatic nitrogens is 2. The van der Waals surface area contributed by atoms with Gasteiger partial charge in [0.15, 0.2) is 5.82 Å². The van der Waals surface area contributed by atoms with E-state index < -0.39 is 0 Å². The number of benzene rings is 11. The molecule has 12 aromatic rings. The Bertz CT molecular complexity index is 4260. The number of rotatable bonds is 5. The fraction of sp³-hybridized carbons (Fsp3) is 0.205. The third-order valence-electron chi connectivity index (χ3n) is 17.7. The molecule has 0 radical (unpaired) electrons. The number of hydrogen-bond acceptors (Lipinski definition) is 4. The third kappa shape index (κ3) is 8.99. The highest BCUT2D eigenvalue weighted by molar-refractivity contribution is 7.00. The van der Waals surface area contributed by atoms with Gasteiger partial charge in [-0.05, 0) is 158 Å². The molecule has 0 spiro atoms. The molecule has 0 fully saturated rings. The largest absolute Gasteiger partial charge is 0.311 e. The Morgan fingerprint density at radius 1 is 0.301 bits per heavy atom. The van der Waals surface area contributed by atoms with E-state index in [1.165, 1.54) is 93.1 Å². The fourth-order valence-corrected chi connectivity index (χ4v) is 13.0. The summed E-state index contributed by atoms with van der Waals surface area (Å²) in [5.74, 6) is 0.670. The van der Waals surface area contributed by atoms with Gasteiger partial charge in [0, 0.05) is 50.8 Å². The van der Waals surface area contributed by atoms with Crippen LogP contribution in [0.2, 0.25) is 0 Å². The second-order valence-corrected chi connectivity index (χ2v) is 27.6. The number of anilines is 6. The minimum atomic E-state index is -0.157. The van der Waals surface area contributed by atoms with E-state index in [0.717, 1.165) is 50.8 Å². The van der Waals surface area contributed by atoms with Crippen LogP contribution in [-0.4, -0.2) is 16.7 Å². The predicted molar refractivity (Wildman–Crippen MR) is 357 cm³/mol. The van der Waals surface area contributed by atoms with Gasteiger partial charge in [-0.3, -0.25) is 0 Å². The van der Waals surface area contributed by atoms with Crippen LogP contribution < -0.4 is 26.2 Å². The highest BCUT2D eigenvalue weighted by atomic mass is 15.2. The highest BCUT2D eigenvalue weighted by Crippen LogP contribution is 2.50. The van der Waals surface area contributed by atoms with Crippen molar-refractivity contribution in [3.8, 4) is 33.9 Å². The Hall–Kier alpha value is -8.80. The van der Waals surface area contributed by atoms with Crippen molar-refractivity contribution in [2.45, 2.75) is 105 Å². The molecule has 3 heterocycles. The van der Waals surface area contributed by atoms with Crippen LogP contribution in [0.5, 0.6) is 0 Å². The first kappa shape index (κ1) is 52.3. The lowest BCUT2D eigenvalue weighted by Crippen LogP contribution is -2.61. The second kappa shape index (κ2) is 18.9. The zero-order chi connectivity index (χ0) is 57.5. The van der Waals surface area contributed by atoms with Crippen LogP contribution >= 0.6 is 0 Å². The Morgan fingerprint density at radius 3 is 1.05 bits per heavy atom. The van der Waals surface area contributed by atoms with Crippen molar-refractivity contribution in [3.05, 3.63) is 235 Å². The quantitative estimate of drug-likeness (QED) is 0.127. The van der Waals surface area contributed by atoms with Gasteiger partial charge in [0.1, 0.15) is 0 Å². The maximum atomic E-state index is 5.63. The van der Waals surface area contributed by atoms with Crippen molar-refractivity contribution in [1.82, 2.24) is 9.97 Å². The summed E-state index contributed by atoms with van der Waals surface area (Å²) >= 11 is 0. The fourth-order valence-electron chi connectivity index (χ4n) is 13.0. The topological polar surface area (TPSA) is 32.3 Å². The first-order chi connectivity index (χ1) is 39.6. The van der Waals surface area contributed by atoms with Crippen molar-refractivity contribution in [1.29, 1.82) is 0 Å². The van der Waals surface area contributed by atoms with E-state index >= 15 is 0 Å². The summed E-state index contributed by atoms with van der Waals surface area (Å²) in [5.41, 5.74) is 20.1. The summed E-state index contributed by atoms with van der Waals surface area (Å²) in [6.45, 7) is 28.0. The summed E-state index contributed by atoms with van der Waals surface area (Å²) in [6, 6.07) is 80.2. The molecule has 5 heteroatoms. The Labute approximate surface area is 490 Å². The highest BCUT2D eigenvalue weighted by Gasteiger charge is 2.45. The lowest BCUT2D eigenvalue weighted by atomic mass is 9.33. The smallest absolute Gasteiger partial charge is 0.252 e. The molecule has 11 aromatic carbocycles. The van der Waals surface area contributed by atoms with Crippen molar-refractivity contribution >= 4 is 100 Å². The molecule has 4 nitrogen and oxygen atoms in total. The van der Waals surface area contributed by atoms with Crippen molar-refractivity contribution in [2.75, 3.05) is 9.80 Å². The molecular weight excluding hydrogens is 1000 g/mol. The van der Waals surface area contributed by atoms with Gasteiger partial charge in [0.05, 0.1) is 11.4 Å². The average molecular weight is 1080 g/mol. The monoisotopic (exact) mass is 1070 g/mol. The first-order valence-electron chi connectivity index (χ1n) is 29.7. The van der Waals surface area contributed by atoms with Gasteiger partial charge in [0.2, 0.25) is 0 Å². The normalized spacial score (nSPS) is 13.5. The number of fused-ring (bicyclic) bond motifs is 10. The maximum Gasteiger partial charge on any atom is 0.252 e. The van der Waals surface area contributed by atoms with Crippen LogP contribution in [0.15, 0.2) is 212 Å². The summed E-state index contributed by atoms with van der Waals surface area (Å²) in [6.07, 6.45) is 0. The average Bonchev–Trinajstić information content (AvgIpc) is 0.800. The van der Waals surface area contributed by atoms with E-state index in [-0.39, 0.29) is 28.4 Å². The molecule has 0 unspecified atom stereocenters. The molecule has 406 valence electrons. The van der Waals surface area contributed by atoms with E-state index in [1.807, 2.05) is 0 Å². The van der Waals surface area contributed by atoms with E-state index in [2.05, 4.69) is 305 Å². The summed E-state index contributed by atoms with van der Waals surface area (Å²) in [7, 11) is 0. The molecule has 0 bridgehead atoms. The maximum absolute atomic E-state index is 5.63. The standard InChI is InChI=1S/C78H71BN4/c1-75(2,3)55-39-56(76(4,5)6)42-59(41-55)82-69-45-63-52(33-31-48-23-19-21-29-61(48)63)35-65(69)79-66-36-53-34-32-49-24-20-22-30-62(49)64(53)46-70(66)83(60-43-57(77(7,8)9)40-58(44-60)78(10,11)12)72-38-54(37-71(82)73(72)79)74-80-67(50-25-15-13-16-26-50)47-68(81-74)51-27-17-14-18-28-51/h13-47H,1-12H3. The Morgan fingerprint density at radius 2 is 0.663 bits per heavy atom. The van der Waals surface area contributed by atoms with Gasteiger partial charge in [-0.1, -0.05) is 241 Å². The molecule has 0 N–H and O–H groups in total. The van der Waals surface area contributed by atoms with Crippen LogP contribution in [-0.2, 0) is 21.7 Å². The predicted octanol–water partition coefficient (Wildman–Crippen LogP) is 19.4. The van der Waals surface area contributed by atoms with Crippen molar-refractivity contribution in [3.63, 3.8) is 0 Å². The molecule has 0 aliphatic carbocycles. The lowest BCUT2D eigenvalue weighted by Gasteiger charge is -2.45. The second-order valence-electron chi connectivity index (χ2n) is 27.6. The number of nitrogens with zero attached hydrogens (tertiary/aromatic N) is 4. The Balaban J connectivity index is 1.19. The molecule has 0 atom stereocenters. The zero-order valence-electron chi connectivity index (χ0n) is 50.1. The van der Waals surface area contributed by atoms with E-state index in [1.54, 1.807) is 0 Å².